The van der Waals surface area contributed by atoms with Gasteiger partial charge in [0.2, 0.25) is 0 Å². The lowest BCUT2D eigenvalue weighted by Crippen LogP contribution is -2.04. The zero-order valence-electron chi connectivity index (χ0n) is 13.0. The Hall–Kier alpha value is -3.15. The summed E-state index contributed by atoms with van der Waals surface area (Å²) in [7, 11) is 0. The van der Waals surface area contributed by atoms with Crippen LogP contribution in [0, 0.1) is 0 Å². The summed E-state index contributed by atoms with van der Waals surface area (Å²) >= 11 is 0. The number of benzene rings is 1. The molecule has 2 aromatic heterocycles. The molecule has 0 unspecified atom stereocenters. The van der Waals surface area contributed by atoms with Crippen LogP contribution in [-0.4, -0.2) is 28.1 Å². The van der Waals surface area contributed by atoms with Gasteiger partial charge in [-0.1, -0.05) is 18.2 Å². The number of nitrogens with one attached hydrogen (secondary N) is 2. The van der Waals surface area contributed by atoms with Gasteiger partial charge in [-0.15, -0.1) is 0 Å². The number of aromatic nitrogens is 3. The van der Waals surface area contributed by atoms with Crippen LogP contribution in [-0.2, 0) is 13.0 Å². The average molecular weight is 320 g/mol. The van der Waals surface area contributed by atoms with Crippen LogP contribution in [0.3, 0.4) is 0 Å². The van der Waals surface area contributed by atoms with Crippen molar-refractivity contribution in [1.29, 1.82) is 0 Å². The normalized spacial score (nSPS) is 12.5. The van der Waals surface area contributed by atoms with Gasteiger partial charge in [-0.3, -0.25) is 9.89 Å². The molecule has 0 fully saturated rings. The topological polar surface area (TPSA) is 79.9 Å². The molecule has 3 aromatic rings. The second kappa shape index (κ2) is 6.16. The predicted molar refractivity (Wildman–Crippen MR) is 90.2 cm³/mol. The zero-order chi connectivity index (χ0) is 16.4. The first-order valence-corrected chi connectivity index (χ1v) is 7.77. The van der Waals surface area contributed by atoms with Crippen LogP contribution in [0.5, 0.6) is 5.75 Å². The van der Waals surface area contributed by atoms with Crippen LogP contribution in [0.15, 0.2) is 42.9 Å². The van der Waals surface area contributed by atoms with E-state index in [2.05, 4.69) is 20.5 Å². The van der Waals surface area contributed by atoms with E-state index in [9.17, 15) is 4.79 Å². The Morgan fingerprint density at radius 2 is 2.29 bits per heavy atom. The highest BCUT2D eigenvalue weighted by molar-refractivity contribution is 5.75. The molecule has 24 heavy (non-hydrogen) atoms. The van der Waals surface area contributed by atoms with Crippen molar-refractivity contribution in [3.8, 4) is 16.9 Å². The Morgan fingerprint density at radius 1 is 1.33 bits per heavy atom. The number of fused-ring (bicyclic) bond motifs is 1. The third kappa shape index (κ3) is 2.62. The molecular weight excluding hydrogens is 304 g/mol. The number of carbonyl (C=O) groups is 1. The highest BCUT2D eigenvalue weighted by Gasteiger charge is 2.22. The maximum atomic E-state index is 10.9. The number of aromatic amines is 1. The third-order valence-electron chi connectivity index (χ3n) is 4.08. The van der Waals surface area contributed by atoms with E-state index in [-0.39, 0.29) is 0 Å². The molecule has 0 saturated carbocycles. The van der Waals surface area contributed by atoms with Gasteiger partial charge in [0, 0.05) is 47.6 Å². The molecule has 1 aliphatic rings. The molecular formula is C18H16N4O2. The summed E-state index contributed by atoms with van der Waals surface area (Å²) in [5.74, 6) is 1.70. The van der Waals surface area contributed by atoms with Gasteiger partial charge in [-0.2, -0.15) is 5.10 Å². The zero-order valence-corrected chi connectivity index (χ0v) is 13.0. The number of H-pyrrole nitrogens is 1. The van der Waals surface area contributed by atoms with E-state index < -0.39 is 0 Å². The minimum atomic E-state index is 0.603. The van der Waals surface area contributed by atoms with Crippen molar-refractivity contribution >= 4 is 12.1 Å². The van der Waals surface area contributed by atoms with E-state index in [0.717, 1.165) is 46.5 Å². The monoisotopic (exact) mass is 320 g/mol. The van der Waals surface area contributed by atoms with Crippen LogP contribution in [0.2, 0.25) is 0 Å². The molecule has 3 heterocycles. The molecule has 120 valence electrons. The molecule has 0 bridgehead atoms. The summed E-state index contributed by atoms with van der Waals surface area (Å²) < 4.78 is 5.81. The molecule has 0 atom stereocenters. The number of hydrogen-bond acceptors (Lipinski definition) is 5. The minimum Gasteiger partial charge on any atom is -0.492 e. The van der Waals surface area contributed by atoms with E-state index >= 15 is 0 Å². The maximum Gasteiger partial charge on any atom is 0.150 e. The highest BCUT2D eigenvalue weighted by Crippen LogP contribution is 2.39. The molecule has 0 aliphatic carbocycles. The first-order chi connectivity index (χ1) is 11.8. The van der Waals surface area contributed by atoms with Gasteiger partial charge >= 0.3 is 0 Å². The van der Waals surface area contributed by atoms with E-state index in [1.54, 1.807) is 18.5 Å². The van der Waals surface area contributed by atoms with E-state index in [0.29, 0.717) is 18.7 Å². The molecule has 6 heteroatoms. The lowest BCUT2D eigenvalue weighted by Gasteiger charge is -2.12. The molecule has 0 spiro atoms. The molecule has 0 radical (unpaired) electrons. The minimum absolute atomic E-state index is 0.603. The van der Waals surface area contributed by atoms with Crippen LogP contribution >= 0.6 is 0 Å². The van der Waals surface area contributed by atoms with Gasteiger partial charge in [0.05, 0.1) is 12.8 Å². The first-order valence-electron chi connectivity index (χ1n) is 7.77. The molecule has 0 amide bonds. The number of carbonyl (C=O) groups excluding carboxylic acids is 1. The number of rotatable bonds is 5. The summed E-state index contributed by atoms with van der Waals surface area (Å²) in [4.78, 5) is 15.4. The van der Waals surface area contributed by atoms with Crippen LogP contribution < -0.4 is 10.1 Å². The lowest BCUT2D eigenvalue weighted by atomic mass is 10.1. The lowest BCUT2D eigenvalue weighted by molar-refractivity contribution is 0.112. The van der Waals surface area contributed by atoms with Gasteiger partial charge in [0.15, 0.2) is 0 Å². The van der Waals surface area contributed by atoms with Gasteiger partial charge in [-0.25, -0.2) is 4.98 Å². The Balaban J connectivity index is 1.60. The van der Waals surface area contributed by atoms with Gasteiger partial charge in [0.25, 0.3) is 0 Å². The quantitative estimate of drug-likeness (QED) is 0.707. The SMILES string of the molecule is O=Cc1cccc(CNc2ncc(-c3cn[nH]c3)c3c2CCO3)c1. The first kappa shape index (κ1) is 14.4. The second-order valence-corrected chi connectivity index (χ2v) is 5.63. The van der Waals surface area contributed by atoms with Crippen LogP contribution in [0.1, 0.15) is 21.5 Å². The fourth-order valence-corrected chi connectivity index (χ4v) is 2.91. The Kier molecular flexibility index (Phi) is 3.70. The summed E-state index contributed by atoms with van der Waals surface area (Å²) in [6, 6.07) is 7.52. The van der Waals surface area contributed by atoms with Crippen molar-refractivity contribution in [3.63, 3.8) is 0 Å². The highest BCUT2D eigenvalue weighted by atomic mass is 16.5. The van der Waals surface area contributed by atoms with Crippen molar-refractivity contribution in [2.75, 3.05) is 11.9 Å². The van der Waals surface area contributed by atoms with Crippen molar-refractivity contribution in [2.45, 2.75) is 13.0 Å². The summed E-state index contributed by atoms with van der Waals surface area (Å²) in [5, 5.41) is 10.2. The average Bonchev–Trinajstić information content (AvgIpc) is 3.31. The number of hydrogen-bond donors (Lipinski definition) is 2. The molecule has 4 rings (SSSR count). The fraction of sp³-hybridized carbons (Fsp3) is 0.167. The van der Waals surface area contributed by atoms with Crippen molar-refractivity contribution in [3.05, 3.63) is 59.5 Å². The number of nitrogens with zero attached hydrogens (tertiary/aromatic N) is 2. The number of pyridine rings is 1. The molecule has 1 aromatic carbocycles. The summed E-state index contributed by atoms with van der Waals surface area (Å²) in [6.07, 6.45) is 7.07. The van der Waals surface area contributed by atoms with E-state index in [4.69, 9.17) is 4.74 Å². The second-order valence-electron chi connectivity index (χ2n) is 5.63. The van der Waals surface area contributed by atoms with E-state index in [1.165, 1.54) is 0 Å². The summed E-state index contributed by atoms with van der Waals surface area (Å²) in [6.45, 7) is 1.26. The van der Waals surface area contributed by atoms with Crippen LogP contribution in [0.25, 0.3) is 11.1 Å². The van der Waals surface area contributed by atoms with Gasteiger partial charge in [-0.05, 0) is 11.6 Å². The smallest absolute Gasteiger partial charge is 0.150 e. The number of ether oxygens (including phenoxy) is 1. The van der Waals surface area contributed by atoms with Crippen molar-refractivity contribution in [1.82, 2.24) is 15.2 Å². The third-order valence-corrected chi connectivity index (χ3v) is 4.08. The number of aldehydes is 1. The molecule has 2 N–H and O–H groups in total. The van der Waals surface area contributed by atoms with Gasteiger partial charge in [0.1, 0.15) is 17.9 Å². The standard InChI is InChI=1S/C18H16N4O2/c23-11-13-3-1-2-12(6-13)7-19-18-15-4-5-24-17(15)16(10-20-18)14-8-21-22-9-14/h1-3,6,8-11H,4-5,7H2,(H,19,20)(H,21,22). The molecule has 6 nitrogen and oxygen atoms in total. The molecule has 0 saturated heterocycles. The maximum absolute atomic E-state index is 10.9. The Bertz CT molecular complexity index is 875. The van der Waals surface area contributed by atoms with Gasteiger partial charge < -0.3 is 10.1 Å². The predicted octanol–water partition coefficient (Wildman–Crippen LogP) is 2.83. The Labute approximate surface area is 138 Å². The van der Waals surface area contributed by atoms with E-state index in [1.807, 2.05) is 24.4 Å². The molecule has 1 aliphatic heterocycles. The Morgan fingerprint density at radius 3 is 3.12 bits per heavy atom. The van der Waals surface area contributed by atoms with Crippen LogP contribution in [0.4, 0.5) is 5.82 Å². The van der Waals surface area contributed by atoms with Crippen molar-refractivity contribution < 1.29 is 9.53 Å². The number of anilines is 1. The van der Waals surface area contributed by atoms with Crippen molar-refractivity contribution in [2.24, 2.45) is 0 Å². The fourth-order valence-electron chi connectivity index (χ4n) is 2.91. The largest absolute Gasteiger partial charge is 0.492 e. The summed E-state index contributed by atoms with van der Waals surface area (Å²) in [5.41, 5.74) is 4.70.